The SMILES string of the molecule is CC1C=C(n2c(-c3ccccn3)nc3cc(F)ccc32)C=CC1OCCCN1[C@H](C)CC[C@H]1C. The third-order valence-corrected chi connectivity index (χ3v) is 7.18. The molecule has 0 radical (unpaired) electrons. The van der Waals surface area contributed by atoms with Crippen LogP contribution in [-0.2, 0) is 4.74 Å². The van der Waals surface area contributed by atoms with Crippen LogP contribution in [0, 0.1) is 11.7 Å². The number of fused-ring (bicyclic) bond motifs is 1. The minimum Gasteiger partial charge on any atom is -0.373 e. The Bertz CT molecular complexity index is 1190. The van der Waals surface area contributed by atoms with Gasteiger partial charge in [0.2, 0.25) is 0 Å². The summed E-state index contributed by atoms with van der Waals surface area (Å²) in [5.74, 6) is 0.620. The zero-order valence-corrected chi connectivity index (χ0v) is 20.2. The molecule has 0 N–H and O–H groups in total. The molecule has 3 aromatic rings. The first-order valence-electron chi connectivity index (χ1n) is 12.4. The monoisotopic (exact) mass is 460 g/mol. The van der Waals surface area contributed by atoms with Gasteiger partial charge in [-0.3, -0.25) is 14.5 Å². The second-order valence-electron chi connectivity index (χ2n) is 9.63. The van der Waals surface area contributed by atoms with E-state index in [9.17, 15) is 4.39 Å². The maximum absolute atomic E-state index is 13.9. The van der Waals surface area contributed by atoms with Gasteiger partial charge in [-0.15, -0.1) is 0 Å². The number of ether oxygens (including phenoxy) is 1. The summed E-state index contributed by atoms with van der Waals surface area (Å²) < 4.78 is 22.2. The number of aromatic nitrogens is 3. The summed E-state index contributed by atoms with van der Waals surface area (Å²) in [5, 5.41) is 0. The summed E-state index contributed by atoms with van der Waals surface area (Å²) in [6.45, 7) is 8.69. The fraction of sp³-hybridized carbons (Fsp3) is 0.429. The Hall–Kier alpha value is -2.83. The number of imidazole rings is 1. The van der Waals surface area contributed by atoms with Crippen LogP contribution in [-0.4, -0.2) is 50.8 Å². The average Bonchev–Trinajstić information content (AvgIpc) is 3.37. The molecular formula is C28H33FN4O. The molecule has 0 spiro atoms. The Balaban J connectivity index is 1.32. The van der Waals surface area contributed by atoms with Gasteiger partial charge >= 0.3 is 0 Å². The molecule has 2 unspecified atom stereocenters. The van der Waals surface area contributed by atoms with Gasteiger partial charge in [-0.05, 0) is 63.5 Å². The molecular weight excluding hydrogens is 427 g/mol. The summed E-state index contributed by atoms with van der Waals surface area (Å²) in [6.07, 6.45) is 11.9. The Kier molecular flexibility index (Phi) is 6.61. The van der Waals surface area contributed by atoms with Gasteiger partial charge < -0.3 is 4.74 Å². The molecule has 1 aromatic carbocycles. The zero-order valence-electron chi connectivity index (χ0n) is 20.2. The highest BCUT2D eigenvalue weighted by atomic mass is 19.1. The van der Waals surface area contributed by atoms with E-state index in [1.807, 2.05) is 18.2 Å². The number of hydrogen-bond donors (Lipinski definition) is 0. The minimum absolute atomic E-state index is 0.0442. The van der Waals surface area contributed by atoms with Crippen LogP contribution in [0.2, 0.25) is 0 Å². The van der Waals surface area contributed by atoms with Crippen LogP contribution in [0.3, 0.4) is 0 Å². The summed E-state index contributed by atoms with van der Waals surface area (Å²) in [4.78, 5) is 11.8. The largest absolute Gasteiger partial charge is 0.373 e. The van der Waals surface area contributed by atoms with Crippen molar-refractivity contribution in [3.05, 3.63) is 66.6 Å². The third kappa shape index (κ3) is 4.57. The van der Waals surface area contributed by atoms with Gasteiger partial charge in [-0.1, -0.05) is 25.1 Å². The topological polar surface area (TPSA) is 43.2 Å². The van der Waals surface area contributed by atoms with Gasteiger partial charge in [-0.2, -0.15) is 0 Å². The van der Waals surface area contributed by atoms with Gasteiger partial charge in [0.15, 0.2) is 5.82 Å². The third-order valence-electron chi connectivity index (χ3n) is 7.18. The van der Waals surface area contributed by atoms with E-state index in [-0.39, 0.29) is 17.8 Å². The highest BCUT2D eigenvalue weighted by Gasteiger charge is 2.27. The van der Waals surface area contributed by atoms with Crippen molar-refractivity contribution in [1.29, 1.82) is 0 Å². The first-order valence-corrected chi connectivity index (χ1v) is 12.4. The molecule has 178 valence electrons. The lowest BCUT2D eigenvalue weighted by molar-refractivity contribution is 0.0524. The normalized spacial score (nSPS) is 25.2. The lowest BCUT2D eigenvalue weighted by Gasteiger charge is -2.27. The second kappa shape index (κ2) is 9.80. The molecule has 5 rings (SSSR count). The van der Waals surface area contributed by atoms with E-state index < -0.39 is 0 Å². The molecule has 1 aliphatic carbocycles. The number of allylic oxidation sites excluding steroid dienone is 2. The summed E-state index contributed by atoms with van der Waals surface area (Å²) in [6, 6.07) is 11.8. The van der Waals surface area contributed by atoms with E-state index in [2.05, 4.69) is 53.5 Å². The second-order valence-corrected chi connectivity index (χ2v) is 9.63. The molecule has 0 amide bonds. The molecule has 4 atom stereocenters. The quantitative estimate of drug-likeness (QED) is 0.410. The predicted octanol–water partition coefficient (Wildman–Crippen LogP) is 5.93. The zero-order chi connectivity index (χ0) is 23.7. The summed E-state index contributed by atoms with van der Waals surface area (Å²) >= 11 is 0. The van der Waals surface area contributed by atoms with E-state index in [1.165, 1.54) is 25.0 Å². The van der Waals surface area contributed by atoms with Crippen molar-refractivity contribution < 1.29 is 9.13 Å². The van der Waals surface area contributed by atoms with Crippen molar-refractivity contribution in [2.75, 3.05) is 13.2 Å². The molecule has 3 heterocycles. The predicted molar refractivity (Wildman–Crippen MR) is 135 cm³/mol. The van der Waals surface area contributed by atoms with E-state index in [0.717, 1.165) is 36.5 Å². The fourth-order valence-corrected chi connectivity index (χ4v) is 5.28. The van der Waals surface area contributed by atoms with Gasteiger partial charge in [0, 0.05) is 49.1 Å². The van der Waals surface area contributed by atoms with Gasteiger partial charge in [0.25, 0.3) is 0 Å². The summed E-state index contributed by atoms with van der Waals surface area (Å²) in [5.41, 5.74) is 3.23. The molecule has 6 heteroatoms. The number of nitrogens with zero attached hydrogens (tertiary/aromatic N) is 4. The van der Waals surface area contributed by atoms with Gasteiger partial charge in [0.1, 0.15) is 11.5 Å². The highest BCUT2D eigenvalue weighted by molar-refractivity contribution is 5.86. The number of rotatable bonds is 7. The lowest BCUT2D eigenvalue weighted by Crippen LogP contribution is -2.34. The Morgan fingerprint density at radius 3 is 2.65 bits per heavy atom. The molecule has 1 saturated heterocycles. The van der Waals surface area contributed by atoms with Crippen molar-refractivity contribution in [2.45, 2.75) is 58.2 Å². The number of halogens is 1. The van der Waals surface area contributed by atoms with Crippen LogP contribution in [0.4, 0.5) is 4.39 Å². The fourth-order valence-electron chi connectivity index (χ4n) is 5.28. The van der Waals surface area contributed by atoms with Crippen molar-refractivity contribution in [3.8, 4) is 11.5 Å². The summed E-state index contributed by atoms with van der Waals surface area (Å²) in [7, 11) is 0. The van der Waals surface area contributed by atoms with Crippen molar-refractivity contribution in [1.82, 2.24) is 19.4 Å². The minimum atomic E-state index is -0.294. The number of likely N-dealkylation sites (tertiary alicyclic amines) is 1. The molecule has 0 bridgehead atoms. The van der Waals surface area contributed by atoms with Gasteiger partial charge in [-0.25, -0.2) is 9.37 Å². The number of pyridine rings is 1. The maximum atomic E-state index is 13.9. The lowest BCUT2D eigenvalue weighted by atomic mass is 9.97. The molecule has 2 aliphatic rings. The van der Waals surface area contributed by atoms with Crippen LogP contribution in [0.1, 0.15) is 40.0 Å². The first kappa shape index (κ1) is 22.9. The van der Waals surface area contributed by atoms with Crippen LogP contribution in [0.25, 0.3) is 28.2 Å². The van der Waals surface area contributed by atoms with Crippen molar-refractivity contribution in [3.63, 3.8) is 0 Å². The maximum Gasteiger partial charge on any atom is 0.164 e. The smallest absolute Gasteiger partial charge is 0.164 e. The Morgan fingerprint density at radius 2 is 1.91 bits per heavy atom. The number of benzene rings is 1. The molecule has 0 saturated carbocycles. The van der Waals surface area contributed by atoms with Crippen molar-refractivity contribution in [2.24, 2.45) is 5.92 Å². The first-order chi connectivity index (χ1) is 16.5. The molecule has 34 heavy (non-hydrogen) atoms. The molecule has 5 nitrogen and oxygen atoms in total. The molecule has 1 fully saturated rings. The number of hydrogen-bond acceptors (Lipinski definition) is 4. The van der Waals surface area contributed by atoms with Crippen molar-refractivity contribution >= 4 is 16.7 Å². The van der Waals surface area contributed by atoms with E-state index in [1.54, 1.807) is 12.3 Å². The van der Waals surface area contributed by atoms with E-state index >= 15 is 0 Å². The molecule has 2 aromatic heterocycles. The highest BCUT2D eigenvalue weighted by Crippen LogP contribution is 2.32. The average molecular weight is 461 g/mol. The van der Waals surface area contributed by atoms with Crippen LogP contribution < -0.4 is 0 Å². The van der Waals surface area contributed by atoms with Crippen LogP contribution in [0.15, 0.2) is 60.8 Å². The standard InChI is InChI=1S/C28H33FN4O/c1-19-17-23(11-13-27(19)34-16-6-15-32-20(2)8-9-21(32)3)33-26-12-10-22(29)18-25(26)31-28(33)24-7-4-5-14-30-24/h4-5,7,10-14,17-21,27H,6,8-9,15-16H2,1-3H3/t19?,20-,21-,27?/m1/s1. The van der Waals surface area contributed by atoms with Crippen LogP contribution >= 0.6 is 0 Å². The Morgan fingerprint density at radius 1 is 1.09 bits per heavy atom. The van der Waals surface area contributed by atoms with E-state index in [4.69, 9.17) is 9.72 Å². The van der Waals surface area contributed by atoms with Crippen LogP contribution in [0.5, 0.6) is 0 Å². The van der Waals surface area contributed by atoms with Gasteiger partial charge in [0.05, 0.1) is 17.1 Å². The van der Waals surface area contributed by atoms with E-state index in [0.29, 0.717) is 23.4 Å². The molecule has 1 aliphatic heterocycles. The Labute approximate surface area is 201 Å².